The number of hydrogen-bond donors (Lipinski definition) is 0. The maximum Gasteiger partial charge on any atom is 0.339 e. The minimum atomic E-state index is -0.437. The van der Waals surface area contributed by atoms with E-state index in [-0.39, 0.29) is 17.8 Å². The SMILES string of the molecule is CCc1ccc(C(=O)COC(=O)c2c3c(nc4ccccc24)CCC(C(C)(C)C)C3)cc1. The Kier molecular flexibility index (Phi) is 6.14. The van der Waals surface area contributed by atoms with Crippen LogP contribution in [0.1, 0.15) is 71.7 Å². The second-order valence-corrected chi connectivity index (χ2v) is 9.78. The highest BCUT2D eigenvalue weighted by molar-refractivity contribution is 6.06. The number of aryl methyl sites for hydroxylation is 2. The third-order valence-electron chi connectivity index (χ3n) is 6.71. The number of benzene rings is 2. The summed E-state index contributed by atoms with van der Waals surface area (Å²) in [6.45, 7) is 8.55. The van der Waals surface area contributed by atoms with Gasteiger partial charge < -0.3 is 4.74 Å². The molecule has 0 fully saturated rings. The molecule has 1 heterocycles. The predicted octanol–water partition coefficient (Wildman–Crippen LogP) is 5.99. The number of ether oxygens (including phenoxy) is 1. The largest absolute Gasteiger partial charge is 0.454 e. The number of fused-ring (bicyclic) bond motifs is 2. The number of carbonyl (C=O) groups excluding carboxylic acids is 2. The topological polar surface area (TPSA) is 56.3 Å². The quantitative estimate of drug-likeness (QED) is 0.369. The van der Waals surface area contributed by atoms with Crippen molar-refractivity contribution < 1.29 is 14.3 Å². The molecule has 1 aliphatic carbocycles. The van der Waals surface area contributed by atoms with Crippen molar-refractivity contribution in [2.24, 2.45) is 11.3 Å². The van der Waals surface area contributed by atoms with Crippen LogP contribution in [0.5, 0.6) is 0 Å². The third kappa shape index (κ3) is 4.45. The third-order valence-corrected chi connectivity index (χ3v) is 6.71. The molecule has 0 amide bonds. The minimum Gasteiger partial charge on any atom is -0.454 e. The molecule has 4 rings (SSSR count). The molecule has 1 atom stereocenters. The number of pyridine rings is 1. The molecule has 4 heteroatoms. The first-order valence-electron chi connectivity index (χ1n) is 11.5. The standard InChI is InChI=1S/C28H31NO3/c1-5-18-10-12-19(13-11-18)25(30)17-32-27(31)26-21-8-6-7-9-23(21)29-24-15-14-20(16-22(24)26)28(2,3)4/h6-13,20H,5,14-17H2,1-4H3. The van der Waals surface area contributed by atoms with Crippen LogP contribution < -0.4 is 0 Å². The lowest BCUT2D eigenvalue weighted by atomic mass is 9.70. The number of para-hydroxylation sites is 1. The lowest BCUT2D eigenvalue weighted by molar-refractivity contribution is 0.0474. The van der Waals surface area contributed by atoms with Crippen LogP contribution in [0, 0.1) is 11.3 Å². The van der Waals surface area contributed by atoms with E-state index in [1.165, 1.54) is 5.56 Å². The van der Waals surface area contributed by atoms with Gasteiger partial charge in [-0.15, -0.1) is 0 Å². The molecule has 4 nitrogen and oxygen atoms in total. The van der Waals surface area contributed by atoms with Gasteiger partial charge in [0.15, 0.2) is 12.4 Å². The average molecular weight is 430 g/mol. The summed E-state index contributed by atoms with van der Waals surface area (Å²) in [6, 6.07) is 15.2. The van der Waals surface area contributed by atoms with Crippen LogP contribution in [0.4, 0.5) is 0 Å². The van der Waals surface area contributed by atoms with Crippen molar-refractivity contribution in [2.75, 3.05) is 6.61 Å². The fourth-order valence-electron chi connectivity index (χ4n) is 4.57. The van der Waals surface area contributed by atoms with E-state index in [1.54, 1.807) is 12.1 Å². The van der Waals surface area contributed by atoms with Gasteiger partial charge >= 0.3 is 5.97 Å². The van der Waals surface area contributed by atoms with Gasteiger partial charge in [-0.25, -0.2) is 4.79 Å². The van der Waals surface area contributed by atoms with Crippen molar-refractivity contribution in [3.8, 4) is 0 Å². The molecule has 0 spiro atoms. The number of rotatable bonds is 5. The number of hydrogen-bond acceptors (Lipinski definition) is 4. The number of Topliss-reactive ketones (excluding diaryl/α,β-unsaturated/α-hetero) is 1. The average Bonchev–Trinajstić information content (AvgIpc) is 2.79. The Morgan fingerprint density at radius 3 is 2.47 bits per heavy atom. The van der Waals surface area contributed by atoms with Gasteiger partial charge in [-0.05, 0) is 54.2 Å². The fraction of sp³-hybridized carbons (Fsp3) is 0.393. The Hall–Kier alpha value is -3.01. The highest BCUT2D eigenvalue weighted by Gasteiger charge is 2.33. The maximum absolute atomic E-state index is 13.3. The Morgan fingerprint density at radius 1 is 1.06 bits per heavy atom. The zero-order valence-corrected chi connectivity index (χ0v) is 19.4. The summed E-state index contributed by atoms with van der Waals surface area (Å²) in [4.78, 5) is 30.8. The van der Waals surface area contributed by atoms with Gasteiger partial charge in [-0.3, -0.25) is 9.78 Å². The summed E-state index contributed by atoms with van der Waals surface area (Å²) < 4.78 is 5.58. The molecule has 32 heavy (non-hydrogen) atoms. The first-order valence-corrected chi connectivity index (χ1v) is 11.5. The number of esters is 1. The van der Waals surface area contributed by atoms with Gasteiger partial charge in [0.05, 0.1) is 11.1 Å². The fourth-order valence-corrected chi connectivity index (χ4v) is 4.57. The van der Waals surface area contributed by atoms with Crippen molar-refractivity contribution in [1.82, 2.24) is 4.98 Å². The molecule has 0 saturated carbocycles. The van der Waals surface area contributed by atoms with Gasteiger partial charge in [0.2, 0.25) is 0 Å². The van der Waals surface area contributed by atoms with E-state index in [2.05, 4.69) is 27.7 Å². The molecule has 0 aliphatic heterocycles. The molecule has 0 bridgehead atoms. The highest BCUT2D eigenvalue weighted by Crippen LogP contribution is 2.39. The maximum atomic E-state index is 13.3. The molecule has 1 aromatic heterocycles. The number of aromatic nitrogens is 1. The van der Waals surface area contributed by atoms with E-state index >= 15 is 0 Å². The molecule has 0 radical (unpaired) electrons. The van der Waals surface area contributed by atoms with Crippen LogP contribution in [-0.4, -0.2) is 23.3 Å². The molecule has 0 saturated heterocycles. The molecular weight excluding hydrogens is 398 g/mol. The van der Waals surface area contributed by atoms with Crippen molar-refractivity contribution >= 4 is 22.7 Å². The second-order valence-electron chi connectivity index (χ2n) is 9.78. The number of nitrogens with zero attached hydrogens (tertiary/aromatic N) is 1. The van der Waals surface area contributed by atoms with Gasteiger partial charge in [-0.2, -0.15) is 0 Å². The molecule has 1 unspecified atom stereocenters. The monoisotopic (exact) mass is 429 g/mol. The normalized spacial score (nSPS) is 15.9. The van der Waals surface area contributed by atoms with Crippen LogP contribution >= 0.6 is 0 Å². The summed E-state index contributed by atoms with van der Waals surface area (Å²) in [5.41, 5.74) is 5.22. The van der Waals surface area contributed by atoms with E-state index in [4.69, 9.17) is 9.72 Å². The number of carbonyl (C=O) groups is 2. The van der Waals surface area contributed by atoms with Crippen LogP contribution in [-0.2, 0) is 24.0 Å². The van der Waals surface area contributed by atoms with Crippen LogP contribution in [0.15, 0.2) is 48.5 Å². The zero-order valence-electron chi connectivity index (χ0n) is 19.4. The molecule has 2 aromatic carbocycles. The highest BCUT2D eigenvalue weighted by atomic mass is 16.5. The smallest absolute Gasteiger partial charge is 0.339 e. The summed E-state index contributed by atoms with van der Waals surface area (Å²) in [5.74, 6) is -0.169. The van der Waals surface area contributed by atoms with Crippen LogP contribution in [0.3, 0.4) is 0 Å². The Labute approximate surface area is 190 Å². The van der Waals surface area contributed by atoms with Crippen molar-refractivity contribution in [3.63, 3.8) is 0 Å². The first-order chi connectivity index (χ1) is 15.3. The van der Waals surface area contributed by atoms with Gasteiger partial charge in [0.25, 0.3) is 0 Å². The Bertz CT molecular complexity index is 1160. The van der Waals surface area contributed by atoms with Crippen LogP contribution in [0.25, 0.3) is 10.9 Å². The van der Waals surface area contributed by atoms with E-state index in [0.717, 1.165) is 47.8 Å². The van der Waals surface area contributed by atoms with Crippen molar-refractivity contribution in [3.05, 3.63) is 76.5 Å². The van der Waals surface area contributed by atoms with E-state index in [0.29, 0.717) is 17.0 Å². The Morgan fingerprint density at radius 2 is 1.78 bits per heavy atom. The molecular formula is C28H31NO3. The van der Waals surface area contributed by atoms with E-state index < -0.39 is 5.97 Å². The molecule has 1 aliphatic rings. The summed E-state index contributed by atoms with van der Waals surface area (Å²) in [7, 11) is 0. The Balaban J connectivity index is 1.63. The molecule has 0 N–H and O–H groups in total. The second kappa shape index (κ2) is 8.85. The summed E-state index contributed by atoms with van der Waals surface area (Å²) in [6.07, 6.45) is 3.63. The van der Waals surface area contributed by atoms with Crippen molar-refractivity contribution in [1.29, 1.82) is 0 Å². The van der Waals surface area contributed by atoms with E-state index in [9.17, 15) is 9.59 Å². The lowest BCUT2D eigenvalue weighted by Crippen LogP contribution is -2.29. The predicted molar refractivity (Wildman–Crippen MR) is 127 cm³/mol. The summed E-state index contributed by atoms with van der Waals surface area (Å²) in [5, 5.41) is 0.797. The van der Waals surface area contributed by atoms with Gasteiger partial charge in [0.1, 0.15) is 0 Å². The van der Waals surface area contributed by atoms with Crippen molar-refractivity contribution in [2.45, 2.75) is 53.4 Å². The molecule has 166 valence electrons. The molecule has 3 aromatic rings. The van der Waals surface area contributed by atoms with Crippen LogP contribution in [0.2, 0.25) is 0 Å². The first kappa shape index (κ1) is 22.2. The minimum absolute atomic E-state index is 0.144. The van der Waals surface area contributed by atoms with Gasteiger partial charge in [0, 0.05) is 16.6 Å². The van der Waals surface area contributed by atoms with E-state index in [1.807, 2.05) is 36.4 Å². The summed E-state index contributed by atoms with van der Waals surface area (Å²) >= 11 is 0. The van der Waals surface area contributed by atoms with Gasteiger partial charge in [-0.1, -0.05) is 70.2 Å². The zero-order chi connectivity index (χ0) is 22.9. The number of ketones is 1. The lowest BCUT2D eigenvalue weighted by Gasteiger charge is -2.35.